The van der Waals surface area contributed by atoms with Crippen LogP contribution in [0.2, 0.25) is 5.02 Å². The average Bonchev–Trinajstić information content (AvgIpc) is 2.59. The Hall–Kier alpha value is -2.00. The predicted molar refractivity (Wildman–Crippen MR) is 104 cm³/mol. The summed E-state index contributed by atoms with van der Waals surface area (Å²) in [7, 11) is 1.87. The van der Waals surface area contributed by atoms with Gasteiger partial charge in [-0.2, -0.15) is 0 Å². The van der Waals surface area contributed by atoms with E-state index >= 15 is 0 Å². The number of halogens is 1. The molecule has 0 saturated carbocycles. The lowest BCUT2D eigenvalue weighted by atomic mass is 9.91. The van der Waals surface area contributed by atoms with Crippen molar-refractivity contribution in [3.8, 4) is 0 Å². The minimum atomic E-state index is -0.0328. The molecule has 1 amide bonds. The van der Waals surface area contributed by atoms with E-state index in [4.69, 9.17) is 11.6 Å². The van der Waals surface area contributed by atoms with Gasteiger partial charge in [0, 0.05) is 24.8 Å². The first kappa shape index (κ1) is 17.8. The molecule has 4 heteroatoms. The molecule has 0 N–H and O–H groups in total. The molecule has 132 valence electrons. The first-order valence-corrected chi connectivity index (χ1v) is 9.07. The summed E-state index contributed by atoms with van der Waals surface area (Å²) in [6.45, 7) is 7.60. The van der Waals surface area contributed by atoms with Gasteiger partial charge in [-0.1, -0.05) is 41.9 Å². The molecular weight excluding hydrogens is 332 g/mol. The number of nitrogens with zero attached hydrogens (tertiary/aromatic N) is 2. The summed E-state index contributed by atoms with van der Waals surface area (Å²) in [5.74, 6) is -0.0328. The lowest BCUT2D eigenvalue weighted by Crippen LogP contribution is -2.47. The Morgan fingerprint density at radius 2 is 1.76 bits per heavy atom. The molecule has 0 radical (unpaired) electrons. The second kappa shape index (κ2) is 6.72. The van der Waals surface area contributed by atoms with Crippen molar-refractivity contribution in [2.24, 2.45) is 0 Å². The number of benzene rings is 2. The topological polar surface area (TPSA) is 23.6 Å². The predicted octanol–water partition coefficient (Wildman–Crippen LogP) is 5.16. The highest BCUT2D eigenvalue weighted by atomic mass is 35.5. The molecule has 1 aliphatic rings. The zero-order valence-electron chi connectivity index (χ0n) is 15.3. The van der Waals surface area contributed by atoms with Gasteiger partial charge in [0.05, 0.1) is 16.6 Å². The Kier molecular flexibility index (Phi) is 4.79. The fourth-order valence-corrected chi connectivity index (χ4v) is 3.82. The molecule has 0 fully saturated rings. The second-order valence-electron chi connectivity index (χ2n) is 7.58. The summed E-state index contributed by atoms with van der Waals surface area (Å²) in [5, 5.41) is 0.500. The number of para-hydroxylation sites is 1. The van der Waals surface area contributed by atoms with Crippen molar-refractivity contribution in [2.45, 2.75) is 38.8 Å². The molecule has 3 nitrogen and oxygen atoms in total. The van der Waals surface area contributed by atoms with Crippen molar-refractivity contribution in [3.63, 3.8) is 0 Å². The number of carbonyl (C=O) groups is 1. The van der Waals surface area contributed by atoms with Crippen LogP contribution in [0.1, 0.15) is 49.2 Å². The van der Waals surface area contributed by atoms with E-state index in [1.807, 2.05) is 30.1 Å². The molecule has 0 bridgehead atoms. The number of hydrogen-bond donors (Lipinski definition) is 0. The van der Waals surface area contributed by atoms with Crippen LogP contribution in [0.25, 0.3) is 0 Å². The van der Waals surface area contributed by atoms with Gasteiger partial charge in [-0.25, -0.2) is 0 Å². The minimum Gasteiger partial charge on any atom is -0.366 e. The smallest absolute Gasteiger partial charge is 0.255 e. The fourth-order valence-electron chi connectivity index (χ4n) is 3.61. The molecule has 2 aromatic carbocycles. The SMILES string of the molecule is CN(C(=O)c1ccccc1Cl)C1CCN(C(C)(C)C)c2ccccc21. The van der Waals surface area contributed by atoms with Crippen LogP contribution in [0.15, 0.2) is 48.5 Å². The van der Waals surface area contributed by atoms with Gasteiger partial charge in [0.2, 0.25) is 0 Å². The maximum atomic E-state index is 13.0. The summed E-state index contributed by atoms with van der Waals surface area (Å²) in [6.07, 6.45) is 0.904. The van der Waals surface area contributed by atoms with Crippen LogP contribution in [-0.2, 0) is 0 Å². The normalized spacial score (nSPS) is 17.2. The van der Waals surface area contributed by atoms with Gasteiger partial charge in [-0.05, 0) is 51.0 Å². The van der Waals surface area contributed by atoms with Crippen molar-refractivity contribution in [2.75, 3.05) is 18.5 Å². The van der Waals surface area contributed by atoms with Gasteiger partial charge in [0.25, 0.3) is 5.91 Å². The molecule has 0 aliphatic carbocycles. The first-order chi connectivity index (χ1) is 11.8. The number of hydrogen-bond acceptors (Lipinski definition) is 2. The molecule has 1 aliphatic heterocycles. The summed E-state index contributed by atoms with van der Waals surface area (Å²) >= 11 is 6.23. The molecule has 0 aromatic heterocycles. The Bertz CT molecular complexity index is 781. The van der Waals surface area contributed by atoms with Crippen molar-refractivity contribution in [1.29, 1.82) is 0 Å². The lowest BCUT2D eigenvalue weighted by Gasteiger charge is -2.45. The third-order valence-electron chi connectivity index (χ3n) is 4.91. The van der Waals surface area contributed by atoms with Crippen LogP contribution < -0.4 is 4.90 Å². The highest BCUT2D eigenvalue weighted by Gasteiger charge is 2.34. The number of anilines is 1. The van der Waals surface area contributed by atoms with E-state index in [9.17, 15) is 4.79 Å². The summed E-state index contributed by atoms with van der Waals surface area (Å²) in [6, 6.07) is 15.7. The lowest BCUT2D eigenvalue weighted by molar-refractivity contribution is 0.0719. The van der Waals surface area contributed by atoms with E-state index in [0.717, 1.165) is 13.0 Å². The third kappa shape index (κ3) is 3.38. The number of carbonyl (C=O) groups excluding carboxylic acids is 1. The van der Waals surface area contributed by atoms with Crippen molar-refractivity contribution >= 4 is 23.2 Å². The monoisotopic (exact) mass is 356 g/mol. The minimum absolute atomic E-state index is 0.0328. The maximum Gasteiger partial charge on any atom is 0.255 e. The van der Waals surface area contributed by atoms with E-state index in [-0.39, 0.29) is 17.5 Å². The van der Waals surface area contributed by atoms with Gasteiger partial charge in [-0.3, -0.25) is 4.79 Å². The Morgan fingerprint density at radius 3 is 2.44 bits per heavy atom. The van der Waals surface area contributed by atoms with E-state index in [1.165, 1.54) is 11.3 Å². The van der Waals surface area contributed by atoms with Crippen LogP contribution in [0.3, 0.4) is 0 Å². The van der Waals surface area contributed by atoms with Crippen LogP contribution in [-0.4, -0.2) is 29.9 Å². The standard InChI is InChI=1S/C21H25ClN2O/c1-21(2,3)24-14-13-18(16-10-6-8-12-19(16)24)23(4)20(25)15-9-5-7-11-17(15)22/h5-12,18H,13-14H2,1-4H3. The van der Waals surface area contributed by atoms with E-state index in [0.29, 0.717) is 10.6 Å². The van der Waals surface area contributed by atoms with Gasteiger partial charge in [0.1, 0.15) is 0 Å². The number of fused-ring (bicyclic) bond motifs is 1. The zero-order valence-corrected chi connectivity index (χ0v) is 16.0. The molecule has 2 aromatic rings. The van der Waals surface area contributed by atoms with Crippen LogP contribution in [0, 0.1) is 0 Å². The molecule has 0 saturated heterocycles. The van der Waals surface area contributed by atoms with E-state index in [2.05, 4.69) is 43.9 Å². The molecule has 0 spiro atoms. The van der Waals surface area contributed by atoms with Crippen LogP contribution in [0.5, 0.6) is 0 Å². The maximum absolute atomic E-state index is 13.0. The van der Waals surface area contributed by atoms with Gasteiger partial charge in [0.15, 0.2) is 0 Å². The largest absolute Gasteiger partial charge is 0.366 e. The number of amides is 1. The van der Waals surface area contributed by atoms with Crippen molar-refractivity contribution in [3.05, 3.63) is 64.7 Å². The van der Waals surface area contributed by atoms with Crippen molar-refractivity contribution in [1.82, 2.24) is 4.90 Å². The van der Waals surface area contributed by atoms with E-state index in [1.54, 1.807) is 12.1 Å². The van der Waals surface area contributed by atoms with Gasteiger partial charge < -0.3 is 9.80 Å². The van der Waals surface area contributed by atoms with Crippen molar-refractivity contribution < 1.29 is 4.79 Å². The average molecular weight is 357 g/mol. The Labute approximate surface area is 155 Å². The van der Waals surface area contributed by atoms with Gasteiger partial charge in [-0.15, -0.1) is 0 Å². The summed E-state index contributed by atoms with van der Waals surface area (Å²) < 4.78 is 0. The summed E-state index contributed by atoms with van der Waals surface area (Å²) in [5.41, 5.74) is 3.02. The van der Waals surface area contributed by atoms with Crippen LogP contribution >= 0.6 is 11.6 Å². The van der Waals surface area contributed by atoms with Gasteiger partial charge >= 0.3 is 0 Å². The third-order valence-corrected chi connectivity index (χ3v) is 5.24. The first-order valence-electron chi connectivity index (χ1n) is 8.69. The number of rotatable bonds is 2. The zero-order chi connectivity index (χ0) is 18.2. The molecule has 1 unspecified atom stereocenters. The molecule has 3 rings (SSSR count). The quantitative estimate of drug-likeness (QED) is 0.741. The molecular formula is C21H25ClN2O. The highest BCUT2D eigenvalue weighted by Crippen LogP contribution is 2.40. The van der Waals surface area contributed by atoms with Crippen LogP contribution in [0.4, 0.5) is 5.69 Å². The second-order valence-corrected chi connectivity index (χ2v) is 7.99. The molecule has 1 heterocycles. The summed E-state index contributed by atoms with van der Waals surface area (Å²) in [4.78, 5) is 17.2. The Balaban J connectivity index is 1.95. The van der Waals surface area contributed by atoms with E-state index < -0.39 is 0 Å². The highest BCUT2D eigenvalue weighted by molar-refractivity contribution is 6.33. The molecule has 1 atom stereocenters. The Morgan fingerprint density at radius 1 is 1.12 bits per heavy atom. The fraction of sp³-hybridized carbons (Fsp3) is 0.381. The molecule has 25 heavy (non-hydrogen) atoms.